The number of imidazole rings is 1. The van der Waals surface area contributed by atoms with Gasteiger partial charge in [0.05, 0.1) is 24.7 Å². The minimum Gasteiger partial charge on any atom is -0.493 e. The van der Waals surface area contributed by atoms with Gasteiger partial charge in [0.15, 0.2) is 23.0 Å². The van der Waals surface area contributed by atoms with Crippen LogP contribution in [0.5, 0.6) is 11.5 Å². The molecule has 0 unspecified atom stereocenters. The number of rotatable bonds is 4. The first-order chi connectivity index (χ1) is 18.4. The monoisotopic (exact) mass is 515 g/mol. The Hall–Kier alpha value is -4.41. The van der Waals surface area contributed by atoms with Gasteiger partial charge in [0.25, 0.3) is 5.91 Å². The van der Waals surface area contributed by atoms with Crippen molar-refractivity contribution in [2.45, 2.75) is 43.6 Å². The molecule has 0 radical (unpaired) electrons. The van der Waals surface area contributed by atoms with E-state index < -0.39 is 11.4 Å². The van der Waals surface area contributed by atoms with Crippen LogP contribution in [0.2, 0.25) is 0 Å². The first-order valence-electron chi connectivity index (χ1n) is 12.7. The molecule has 1 spiro atoms. The molecule has 11 heteroatoms. The number of aromatic nitrogens is 4. The van der Waals surface area contributed by atoms with E-state index in [-0.39, 0.29) is 23.9 Å². The van der Waals surface area contributed by atoms with Crippen LogP contribution in [-0.4, -0.2) is 61.9 Å². The van der Waals surface area contributed by atoms with Crippen molar-refractivity contribution in [2.75, 3.05) is 20.2 Å². The van der Waals surface area contributed by atoms with E-state index in [4.69, 9.17) is 9.47 Å². The van der Waals surface area contributed by atoms with E-state index >= 15 is 0 Å². The molecule has 0 atom stereocenters. The van der Waals surface area contributed by atoms with E-state index in [9.17, 15) is 14.4 Å². The van der Waals surface area contributed by atoms with E-state index in [1.807, 2.05) is 21.7 Å². The third kappa shape index (κ3) is 3.68. The number of hydrogen-bond acceptors (Lipinski definition) is 8. The van der Waals surface area contributed by atoms with Crippen molar-refractivity contribution in [1.29, 1.82) is 0 Å². The Kier molecular flexibility index (Phi) is 4.97. The predicted molar refractivity (Wildman–Crippen MR) is 134 cm³/mol. The predicted octanol–water partition coefficient (Wildman–Crippen LogP) is 3.20. The van der Waals surface area contributed by atoms with Gasteiger partial charge in [-0.15, -0.1) is 0 Å². The maximum Gasteiger partial charge on any atom is 0.439 e. The molecule has 194 valence electrons. The molecule has 5 heterocycles. The summed E-state index contributed by atoms with van der Waals surface area (Å²) in [6.07, 6.45) is 7.30. The summed E-state index contributed by atoms with van der Waals surface area (Å²) in [7, 11) is 1.59. The molecule has 1 aliphatic carbocycles. The summed E-state index contributed by atoms with van der Waals surface area (Å²) >= 11 is 0. The number of carbonyl (C=O) groups is 2. The van der Waals surface area contributed by atoms with E-state index in [1.54, 1.807) is 31.4 Å². The Labute approximate surface area is 216 Å². The zero-order valence-electron chi connectivity index (χ0n) is 20.7. The number of H-pyrrole nitrogens is 1. The van der Waals surface area contributed by atoms with Gasteiger partial charge in [-0.3, -0.25) is 23.5 Å². The van der Waals surface area contributed by atoms with Gasteiger partial charge in [-0.1, -0.05) is 5.16 Å². The lowest BCUT2D eigenvalue weighted by Gasteiger charge is -2.44. The molecule has 1 saturated carbocycles. The quantitative estimate of drug-likeness (QED) is 0.438. The number of hydrogen-bond donors (Lipinski definition) is 1. The average molecular weight is 516 g/mol. The van der Waals surface area contributed by atoms with E-state index in [0.717, 1.165) is 24.2 Å². The van der Waals surface area contributed by atoms with E-state index in [2.05, 4.69) is 19.6 Å². The van der Waals surface area contributed by atoms with Crippen molar-refractivity contribution in [3.05, 3.63) is 64.0 Å². The number of ether oxygens (including phenoxy) is 2. The fourth-order valence-corrected chi connectivity index (χ4v) is 5.60. The molecule has 38 heavy (non-hydrogen) atoms. The number of Topliss-reactive ketones (excluding diaryl/α,β-unsaturated/α-hetero) is 1. The Morgan fingerprint density at radius 3 is 2.71 bits per heavy atom. The summed E-state index contributed by atoms with van der Waals surface area (Å²) in [5.74, 6) is 1.03. The van der Waals surface area contributed by atoms with Crippen molar-refractivity contribution < 1.29 is 23.6 Å². The average Bonchev–Trinajstić information content (AvgIpc) is 3.53. The molecule has 1 aromatic carbocycles. The second kappa shape index (κ2) is 8.30. The second-order valence-electron chi connectivity index (χ2n) is 10.3. The largest absolute Gasteiger partial charge is 0.493 e. The van der Waals surface area contributed by atoms with Gasteiger partial charge in [0.1, 0.15) is 11.4 Å². The molecule has 3 aromatic heterocycles. The van der Waals surface area contributed by atoms with Crippen molar-refractivity contribution in [3.63, 3.8) is 0 Å². The normalized spacial score (nSPS) is 18.4. The van der Waals surface area contributed by atoms with Gasteiger partial charge >= 0.3 is 5.76 Å². The highest BCUT2D eigenvalue weighted by Gasteiger charge is 2.44. The summed E-state index contributed by atoms with van der Waals surface area (Å²) in [6.45, 7) is 0.943. The molecule has 3 aliphatic rings. The lowest BCUT2D eigenvalue weighted by molar-refractivity contribution is -0.00571. The maximum atomic E-state index is 13.5. The summed E-state index contributed by atoms with van der Waals surface area (Å²) in [4.78, 5) is 46.8. The number of methoxy groups -OCH3 is 1. The van der Waals surface area contributed by atoms with Crippen molar-refractivity contribution in [1.82, 2.24) is 24.4 Å². The number of benzene rings is 1. The molecule has 2 aliphatic heterocycles. The van der Waals surface area contributed by atoms with Crippen LogP contribution in [0.15, 0.2) is 46.0 Å². The van der Waals surface area contributed by atoms with Gasteiger partial charge in [-0.25, -0.2) is 9.78 Å². The SMILES string of the molecule is COc1cc(C(=O)N2CCC3(CC2)CC(=O)c2cc(-c4noc(=O)[nH]4)ccc2O3)cn2c(C3CC3)cnc12. The number of aromatic amines is 1. The topological polar surface area (TPSA) is 132 Å². The number of pyridine rings is 1. The minimum atomic E-state index is -0.660. The van der Waals surface area contributed by atoms with Crippen LogP contribution in [0.25, 0.3) is 17.0 Å². The Bertz CT molecular complexity index is 1650. The van der Waals surface area contributed by atoms with Crippen LogP contribution in [0.1, 0.15) is 64.4 Å². The zero-order valence-corrected chi connectivity index (χ0v) is 20.7. The van der Waals surface area contributed by atoms with Crippen molar-refractivity contribution in [3.8, 4) is 22.9 Å². The van der Waals surface area contributed by atoms with Gasteiger partial charge in [-0.2, -0.15) is 0 Å². The number of amides is 1. The molecule has 1 saturated heterocycles. The fourth-order valence-electron chi connectivity index (χ4n) is 5.60. The number of nitrogens with zero attached hydrogens (tertiary/aromatic N) is 4. The molecule has 7 rings (SSSR count). The van der Waals surface area contributed by atoms with Gasteiger partial charge in [0.2, 0.25) is 0 Å². The first kappa shape index (κ1) is 22.8. The molecular formula is C27H25N5O6. The number of likely N-dealkylation sites (tertiary alicyclic amines) is 1. The lowest BCUT2D eigenvalue weighted by atomic mass is 9.82. The summed E-state index contributed by atoms with van der Waals surface area (Å²) < 4.78 is 18.5. The molecular weight excluding hydrogens is 490 g/mol. The van der Waals surface area contributed by atoms with Gasteiger partial charge in [-0.05, 0) is 37.1 Å². The number of piperidine rings is 1. The van der Waals surface area contributed by atoms with Crippen LogP contribution in [-0.2, 0) is 0 Å². The van der Waals surface area contributed by atoms with Crippen LogP contribution < -0.4 is 15.2 Å². The Balaban J connectivity index is 1.10. The maximum absolute atomic E-state index is 13.5. The molecule has 4 aromatic rings. The van der Waals surface area contributed by atoms with E-state index in [0.29, 0.717) is 60.0 Å². The summed E-state index contributed by atoms with van der Waals surface area (Å²) in [5, 5.41) is 3.69. The third-order valence-electron chi connectivity index (χ3n) is 7.83. The number of nitrogens with one attached hydrogen (secondary N) is 1. The minimum absolute atomic E-state index is 0.0402. The van der Waals surface area contributed by atoms with Crippen LogP contribution in [0.4, 0.5) is 0 Å². The Morgan fingerprint density at radius 1 is 1.18 bits per heavy atom. The second-order valence-corrected chi connectivity index (χ2v) is 10.3. The summed E-state index contributed by atoms with van der Waals surface area (Å²) in [6, 6.07) is 6.86. The highest BCUT2D eigenvalue weighted by molar-refractivity contribution is 6.01. The Morgan fingerprint density at radius 2 is 2.00 bits per heavy atom. The molecule has 1 amide bonds. The number of fused-ring (bicyclic) bond motifs is 2. The van der Waals surface area contributed by atoms with Gasteiger partial charge in [0, 0.05) is 55.5 Å². The molecule has 1 N–H and O–H groups in total. The first-order valence-corrected chi connectivity index (χ1v) is 12.7. The van der Waals surface area contributed by atoms with Crippen LogP contribution in [0.3, 0.4) is 0 Å². The fraction of sp³-hybridized carbons (Fsp3) is 0.370. The number of carbonyl (C=O) groups excluding carboxylic acids is 2. The highest BCUT2D eigenvalue weighted by Crippen LogP contribution is 2.42. The highest BCUT2D eigenvalue weighted by atomic mass is 16.5. The summed E-state index contributed by atoms with van der Waals surface area (Å²) in [5.41, 5.74) is 2.73. The smallest absolute Gasteiger partial charge is 0.439 e. The molecule has 2 fully saturated rings. The van der Waals surface area contributed by atoms with E-state index in [1.165, 1.54) is 0 Å². The van der Waals surface area contributed by atoms with Crippen molar-refractivity contribution in [2.24, 2.45) is 0 Å². The van der Waals surface area contributed by atoms with Crippen molar-refractivity contribution >= 4 is 17.3 Å². The van der Waals surface area contributed by atoms with Gasteiger partial charge < -0.3 is 14.4 Å². The standard InChI is InChI=1S/C27H25N5O6/c1-36-22-11-17(14-32-19(15-2-3-15)13-28-24(22)32)25(34)31-8-6-27(7-9-31)12-20(33)18-10-16(4-5-21(18)37-27)23-29-26(35)38-30-23/h4-5,10-11,13-15H,2-3,6-9,12H2,1H3,(H,29,30,35). The number of ketones is 1. The van der Waals surface area contributed by atoms with Crippen LogP contribution in [0, 0.1) is 0 Å². The molecule has 11 nitrogen and oxygen atoms in total. The van der Waals surface area contributed by atoms with Crippen LogP contribution >= 0.6 is 0 Å². The zero-order chi connectivity index (χ0) is 26.0. The molecule has 0 bridgehead atoms. The third-order valence-corrected chi connectivity index (χ3v) is 7.83. The lowest BCUT2D eigenvalue weighted by Crippen LogP contribution is -2.52.